The number of rotatable bonds is 5. The van der Waals surface area contributed by atoms with E-state index in [-0.39, 0.29) is 0 Å². The van der Waals surface area contributed by atoms with Gasteiger partial charge in [-0.2, -0.15) is 9.97 Å². The van der Waals surface area contributed by atoms with Crippen molar-refractivity contribution in [2.75, 3.05) is 10.6 Å². The standard InChI is InChI=1S/C19H17IN6/c1-26-12-22-16-17(21-11-13-6-5-7-14(20)10-13)24-19(25-18(16)26)23-15-8-3-2-4-9-15/h2-10,12H,11H2,1H3,(H2,21,23,24,25). The number of imidazole rings is 1. The van der Waals surface area contributed by atoms with Gasteiger partial charge in [-0.1, -0.05) is 30.3 Å². The van der Waals surface area contributed by atoms with Crippen molar-refractivity contribution >= 4 is 51.2 Å². The van der Waals surface area contributed by atoms with E-state index >= 15 is 0 Å². The molecule has 0 fully saturated rings. The number of aryl methyl sites for hydroxylation is 1. The van der Waals surface area contributed by atoms with Gasteiger partial charge < -0.3 is 15.2 Å². The van der Waals surface area contributed by atoms with Crippen LogP contribution in [0.1, 0.15) is 5.56 Å². The summed E-state index contributed by atoms with van der Waals surface area (Å²) < 4.78 is 3.10. The minimum Gasteiger partial charge on any atom is -0.364 e. The van der Waals surface area contributed by atoms with Crippen LogP contribution in [0.5, 0.6) is 0 Å². The lowest BCUT2D eigenvalue weighted by molar-refractivity contribution is 0.929. The van der Waals surface area contributed by atoms with Gasteiger partial charge in [-0.05, 0) is 52.4 Å². The first-order valence-electron chi connectivity index (χ1n) is 8.18. The molecule has 2 aromatic carbocycles. The molecule has 2 N–H and O–H groups in total. The van der Waals surface area contributed by atoms with Crippen LogP contribution in [0.2, 0.25) is 0 Å². The van der Waals surface area contributed by atoms with Crippen LogP contribution in [-0.4, -0.2) is 19.5 Å². The molecule has 0 radical (unpaired) electrons. The van der Waals surface area contributed by atoms with E-state index in [0.717, 1.165) is 16.9 Å². The van der Waals surface area contributed by atoms with Crippen molar-refractivity contribution in [3.8, 4) is 0 Å². The first-order valence-corrected chi connectivity index (χ1v) is 9.26. The lowest BCUT2D eigenvalue weighted by atomic mass is 10.2. The largest absolute Gasteiger partial charge is 0.364 e. The van der Waals surface area contributed by atoms with Gasteiger partial charge in [0.2, 0.25) is 5.95 Å². The average molecular weight is 456 g/mol. The van der Waals surface area contributed by atoms with E-state index < -0.39 is 0 Å². The Kier molecular flexibility index (Phi) is 4.70. The molecular formula is C19H17IN6. The smallest absolute Gasteiger partial charge is 0.231 e. The van der Waals surface area contributed by atoms with Crippen molar-refractivity contribution in [2.24, 2.45) is 7.05 Å². The van der Waals surface area contributed by atoms with E-state index in [9.17, 15) is 0 Å². The molecule has 6 nitrogen and oxygen atoms in total. The molecule has 0 spiro atoms. The quantitative estimate of drug-likeness (QED) is 0.438. The predicted molar refractivity (Wildman–Crippen MR) is 113 cm³/mol. The molecule has 0 aliphatic heterocycles. The molecule has 0 aliphatic carbocycles. The number of fused-ring (bicyclic) bond motifs is 1. The Morgan fingerprint density at radius 2 is 1.88 bits per heavy atom. The molecule has 0 saturated carbocycles. The Hall–Kier alpha value is -2.68. The van der Waals surface area contributed by atoms with Crippen molar-refractivity contribution in [3.05, 3.63) is 70.1 Å². The molecule has 0 amide bonds. The van der Waals surface area contributed by atoms with Crippen LogP contribution in [0.4, 0.5) is 17.5 Å². The average Bonchev–Trinajstić information content (AvgIpc) is 3.02. The minimum atomic E-state index is 0.539. The first kappa shape index (κ1) is 16.8. The summed E-state index contributed by atoms with van der Waals surface area (Å²) in [5.41, 5.74) is 3.68. The van der Waals surface area contributed by atoms with E-state index in [4.69, 9.17) is 0 Å². The Bertz CT molecular complexity index is 1040. The van der Waals surface area contributed by atoms with E-state index in [0.29, 0.717) is 18.3 Å². The first-order chi connectivity index (χ1) is 12.7. The molecule has 2 heterocycles. The molecule has 0 saturated heterocycles. The summed E-state index contributed by atoms with van der Waals surface area (Å²) in [6, 6.07) is 18.3. The van der Waals surface area contributed by atoms with Crippen molar-refractivity contribution in [2.45, 2.75) is 6.54 Å². The van der Waals surface area contributed by atoms with Gasteiger partial charge in [-0.25, -0.2) is 4.98 Å². The number of halogens is 1. The zero-order chi connectivity index (χ0) is 17.9. The van der Waals surface area contributed by atoms with Crippen LogP contribution in [0.15, 0.2) is 60.9 Å². The molecule has 0 aliphatic rings. The van der Waals surface area contributed by atoms with Crippen LogP contribution in [0.3, 0.4) is 0 Å². The summed E-state index contributed by atoms with van der Waals surface area (Å²) in [6.45, 7) is 0.671. The summed E-state index contributed by atoms with van der Waals surface area (Å²) in [6.07, 6.45) is 1.75. The van der Waals surface area contributed by atoms with Crippen molar-refractivity contribution in [1.29, 1.82) is 0 Å². The van der Waals surface area contributed by atoms with Gasteiger partial charge in [0.15, 0.2) is 17.0 Å². The van der Waals surface area contributed by atoms with Crippen LogP contribution < -0.4 is 10.6 Å². The van der Waals surface area contributed by atoms with E-state index in [1.807, 2.05) is 41.9 Å². The highest BCUT2D eigenvalue weighted by atomic mass is 127. The topological polar surface area (TPSA) is 67.7 Å². The van der Waals surface area contributed by atoms with Crippen LogP contribution in [0.25, 0.3) is 11.2 Å². The highest BCUT2D eigenvalue weighted by Gasteiger charge is 2.12. The lowest BCUT2D eigenvalue weighted by Crippen LogP contribution is -2.06. The Balaban J connectivity index is 1.66. The molecule has 2 aromatic heterocycles. The monoisotopic (exact) mass is 456 g/mol. The van der Waals surface area contributed by atoms with E-state index in [2.05, 4.69) is 72.4 Å². The van der Waals surface area contributed by atoms with Gasteiger partial charge >= 0.3 is 0 Å². The number of benzene rings is 2. The number of hydrogen-bond donors (Lipinski definition) is 2. The van der Waals surface area contributed by atoms with Gasteiger partial charge in [0, 0.05) is 22.8 Å². The number of hydrogen-bond acceptors (Lipinski definition) is 5. The minimum absolute atomic E-state index is 0.539. The summed E-state index contributed by atoms with van der Waals surface area (Å²) in [4.78, 5) is 13.7. The molecule has 4 rings (SSSR count). The number of nitrogens with one attached hydrogen (secondary N) is 2. The van der Waals surface area contributed by atoms with Gasteiger partial charge in [0.25, 0.3) is 0 Å². The van der Waals surface area contributed by atoms with Gasteiger partial charge in [-0.15, -0.1) is 0 Å². The third-order valence-corrected chi connectivity index (χ3v) is 4.61. The van der Waals surface area contributed by atoms with Crippen LogP contribution in [0, 0.1) is 3.57 Å². The predicted octanol–water partition coefficient (Wildman–Crippen LogP) is 4.32. The molecule has 0 bridgehead atoms. The zero-order valence-corrected chi connectivity index (χ0v) is 16.3. The van der Waals surface area contributed by atoms with Crippen molar-refractivity contribution in [1.82, 2.24) is 19.5 Å². The normalized spacial score (nSPS) is 10.8. The maximum absolute atomic E-state index is 4.64. The third-order valence-electron chi connectivity index (χ3n) is 3.94. The molecule has 0 unspecified atom stereocenters. The van der Waals surface area contributed by atoms with Crippen molar-refractivity contribution < 1.29 is 0 Å². The zero-order valence-electron chi connectivity index (χ0n) is 14.1. The molecule has 130 valence electrons. The Labute approximate surface area is 164 Å². The Morgan fingerprint density at radius 1 is 1.04 bits per heavy atom. The van der Waals surface area contributed by atoms with Gasteiger partial charge in [0.05, 0.1) is 6.33 Å². The van der Waals surface area contributed by atoms with Crippen molar-refractivity contribution in [3.63, 3.8) is 0 Å². The maximum Gasteiger partial charge on any atom is 0.231 e. The van der Waals surface area contributed by atoms with Gasteiger partial charge in [-0.3, -0.25) is 0 Å². The fourth-order valence-electron chi connectivity index (χ4n) is 2.67. The second-order valence-electron chi connectivity index (χ2n) is 5.90. The highest BCUT2D eigenvalue weighted by Crippen LogP contribution is 2.23. The second kappa shape index (κ2) is 7.28. The lowest BCUT2D eigenvalue weighted by Gasteiger charge is -2.10. The summed E-state index contributed by atoms with van der Waals surface area (Å²) >= 11 is 2.32. The molecular weight excluding hydrogens is 439 g/mol. The van der Waals surface area contributed by atoms with E-state index in [1.165, 1.54) is 9.13 Å². The SMILES string of the molecule is Cn1cnc2c(NCc3cccc(I)c3)nc(Nc3ccccc3)nc21. The number of aromatic nitrogens is 4. The molecule has 4 aromatic rings. The summed E-state index contributed by atoms with van der Waals surface area (Å²) in [5, 5.41) is 6.66. The summed E-state index contributed by atoms with van der Waals surface area (Å²) in [7, 11) is 1.93. The van der Waals surface area contributed by atoms with Gasteiger partial charge in [0.1, 0.15) is 0 Å². The molecule has 0 atom stereocenters. The number of para-hydroxylation sites is 1. The third kappa shape index (κ3) is 3.62. The fourth-order valence-corrected chi connectivity index (χ4v) is 3.28. The highest BCUT2D eigenvalue weighted by molar-refractivity contribution is 14.1. The fraction of sp³-hybridized carbons (Fsp3) is 0.105. The van der Waals surface area contributed by atoms with Crippen LogP contribution >= 0.6 is 22.6 Å². The molecule has 26 heavy (non-hydrogen) atoms. The molecule has 7 heteroatoms. The second-order valence-corrected chi connectivity index (χ2v) is 7.14. The summed E-state index contributed by atoms with van der Waals surface area (Å²) in [5.74, 6) is 1.25. The number of nitrogens with zero attached hydrogens (tertiary/aromatic N) is 4. The van der Waals surface area contributed by atoms with Crippen LogP contribution in [-0.2, 0) is 13.6 Å². The Morgan fingerprint density at radius 3 is 2.69 bits per heavy atom. The van der Waals surface area contributed by atoms with E-state index in [1.54, 1.807) is 6.33 Å². The number of anilines is 3. The maximum atomic E-state index is 4.64.